The predicted molar refractivity (Wildman–Crippen MR) is 107 cm³/mol. The van der Waals surface area contributed by atoms with E-state index in [1.807, 2.05) is 54.4 Å². The lowest BCUT2D eigenvalue weighted by Gasteiger charge is -2.20. The Kier molecular flexibility index (Phi) is 7.96. The molecule has 0 fully saturated rings. The molecular weight excluding hydrogens is 326 g/mol. The lowest BCUT2D eigenvalue weighted by molar-refractivity contribution is -0.122. The number of para-hydroxylation sites is 1. The van der Waals surface area contributed by atoms with Gasteiger partial charge >= 0.3 is 0 Å². The molecule has 0 spiro atoms. The van der Waals surface area contributed by atoms with Crippen molar-refractivity contribution in [3.63, 3.8) is 0 Å². The first-order valence-electron chi connectivity index (χ1n) is 8.93. The summed E-state index contributed by atoms with van der Waals surface area (Å²) in [4.78, 5) is 16.3. The summed E-state index contributed by atoms with van der Waals surface area (Å²) in [5.74, 6) is 0.889. The molecule has 5 heteroatoms. The van der Waals surface area contributed by atoms with Gasteiger partial charge in [-0.2, -0.15) is 0 Å². The van der Waals surface area contributed by atoms with E-state index in [0.29, 0.717) is 19.6 Å². The van der Waals surface area contributed by atoms with Crippen molar-refractivity contribution in [2.75, 3.05) is 45.7 Å². The molecule has 0 unspecified atom stereocenters. The van der Waals surface area contributed by atoms with E-state index in [1.165, 1.54) is 5.69 Å². The van der Waals surface area contributed by atoms with Gasteiger partial charge in [-0.25, -0.2) is 0 Å². The van der Waals surface area contributed by atoms with E-state index in [0.717, 1.165) is 24.3 Å². The zero-order valence-electron chi connectivity index (χ0n) is 15.9. The van der Waals surface area contributed by atoms with Gasteiger partial charge in [0.05, 0.1) is 13.7 Å². The van der Waals surface area contributed by atoms with Crippen LogP contribution in [0.4, 0.5) is 5.69 Å². The van der Waals surface area contributed by atoms with Crippen LogP contribution in [0.3, 0.4) is 0 Å². The first-order chi connectivity index (χ1) is 12.6. The van der Waals surface area contributed by atoms with Crippen molar-refractivity contribution < 1.29 is 9.53 Å². The number of likely N-dealkylation sites (N-methyl/N-ethyl adjacent to an activating group) is 1. The van der Waals surface area contributed by atoms with E-state index in [9.17, 15) is 4.79 Å². The van der Waals surface area contributed by atoms with Crippen LogP contribution in [-0.4, -0.2) is 51.6 Å². The molecule has 2 aromatic carbocycles. The minimum atomic E-state index is 0.0535. The molecule has 2 aromatic rings. The number of anilines is 1. The highest BCUT2D eigenvalue weighted by molar-refractivity contribution is 5.77. The van der Waals surface area contributed by atoms with Crippen LogP contribution in [-0.2, 0) is 11.3 Å². The van der Waals surface area contributed by atoms with Crippen molar-refractivity contribution in [1.82, 2.24) is 10.2 Å². The third-order valence-corrected chi connectivity index (χ3v) is 4.19. The maximum Gasteiger partial charge on any atom is 0.234 e. The molecule has 0 bridgehead atoms. The second-order valence-electron chi connectivity index (χ2n) is 6.48. The summed E-state index contributed by atoms with van der Waals surface area (Å²) in [7, 11) is 5.67. The van der Waals surface area contributed by atoms with Crippen LogP contribution in [0.1, 0.15) is 12.0 Å². The second kappa shape index (κ2) is 10.5. The molecule has 0 aromatic heterocycles. The van der Waals surface area contributed by atoms with Gasteiger partial charge in [-0.3, -0.25) is 9.69 Å². The fraction of sp³-hybridized carbons (Fsp3) is 0.381. The number of nitrogens with one attached hydrogen (secondary N) is 1. The molecule has 1 amide bonds. The van der Waals surface area contributed by atoms with Crippen molar-refractivity contribution >= 4 is 11.6 Å². The normalized spacial score (nSPS) is 10.6. The molecule has 0 aliphatic carbocycles. The highest BCUT2D eigenvalue weighted by Crippen LogP contribution is 2.13. The number of carbonyl (C=O) groups is 1. The number of amides is 1. The van der Waals surface area contributed by atoms with Crippen LogP contribution < -0.4 is 15.0 Å². The Morgan fingerprint density at radius 2 is 1.85 bits per heavy atom. The molecule has 0 saturated carbocycles. The van der Waals surface area contributed by atoms with Crippen molar-refractivity contribution in [3.8, 4) is 5.75 Å². The van der Waals surface area contributed by atoms with Crippen molar-refractivity contribution in [2.24, 2.45) is 0 Å². The Morgan fingerprint density at radius 3 is 2.58 bits per heavy atom. The third kappa shape index (κ3) is 6.76. The van der Waals surface area contributed by atoms with Crippen molar-refractivity contribution in [1.29, 1.82) is 0 Å². The van der Waals surface area contributed by atoms with Gasteiger partial charge in [0.15, 0.2) is 0 Å². The van der Waals surface area contributed by atoms with Crippen LogP contribution in [0.5, 0.6) is 5.75 Å². The monoisotopic (exact) mass is 355 g/mol. The molecule has 5 nitrogen and oxygen atoms in total. The van der Waals surface area contributed by atoms with Gasteiger partial charge < -0.3 is 15.0 Å². The largest absolute Gasteiger partial charge is 0.497 e. The molecule has 0 radical (unpaired) electrons. The molecule has 0 atom stereocenters. The summed E-state index contributed by atoms with van der Waals surface area (Å²) < 4.78 is 5.23. The first-order valence-corrected chi connectivity index (χ1v) is 8.93. The van der Waals surface area contributed by atoms with E-state index in [2.05, 4.69) is 29.4 Å². The van der Waals surface area contributed by atoms with Crippen LogP contribution in [0.15, 0.2) is 54.6 Å². The maximum atomic E-state index is 12.1. The van der Waals surface area contributed by atoms with Crippen molar-refractivity contribution in [2.45, 2.75) is 13.0 Å². The van der Waals surface area contributed by atoms with E-state index in [1.54, 1.807) is 7.11 Å². The highest BCUT2D eigenvalue weighted by Gasteiger charge is 2.08. The molecule has 1 N–H and O–H groups in total. The second-order valence-corrected chi connectivity index (χ2v) is 6.48. The number of benzene rings is 2. The van der Waals surface area contributed by atoms with Crippen LogP contribution in [0, 0.1) is 0 Å². The summed E-state index contributed by atoms with van der Waals surface area (Å²) in [6, 6.07) is 18.2. The molecule has 0 heterocycles. The molecule has 26 heavy (non-hydrogen) atoms. The van der Waals surface area contributed by atoms with Crippen LogP contribution in [0.25, 0.3) is 0 Å². The smallest absolute Gasteiger partial charge is 0.234 e. The Bertz CT molecular complexity index is 676. The molecule has 0 saturated heterocycles. The number of carbonyl (C=O) groups excluding carboxylic acids is 1. The zero-order valence-corrected chi connectivity index (χ0v) is 15.9. The summed E-state index contributed by atoms with van der Waals surface area (Å²) in [6.07, 6.45) is 0.913. The quantitative estimate of drug-likeness (QED) is 0.666. The molecule has 2 rings (SSSR count). The summed E-state index contributed by atoms with van der Waals surface area (Å²) >= 11 is 0. The fourth-order valence-electron chi connectivity index (χ4n) is 2.80. The SMILES string of the molecule is COc1cccc(CN(C)CC(=O)NCCCN(C)c2ccccc2)c1. The van der Waals surface area contributed by atoms with E-state index < -0.39 is 0 Å². The Labute approximate surface area is 156 Å². The topological polar surface area (TPSA) is 44.8 Å². The standard InChI is InChI=1S/C21H29N3O2/c1-23(16-18-9-7-12-20(15-18)26-3)17-21(25)22-13-8-14-24(2)19-10-5-4-6-11-19/h4-7,9-12,15H,8,13-14,16-17H2,1-3H3,(H,22,25). The number of nitrogens with zero attached hydrogens (tertiary/aromatic N) is 2. The molecule has 140 valence electrons. The molecule has 0 aliphatic heterocycles. The zero-order chi connectivity index (χ0) is 18.8. The van der Waals surface area contributed by atoms with Gasteiger partial charge in [0.25, 0.3) is 0 Å². The van der Waals surface area contributed by atoms with E-state index >= 15 is 0 Å². The van der Waals surface area contributed by atoms with E-state index in [4.69, 9.17) is 4.74 Å². The number of rotatable bonds is 10. The molecular formula is C21H29N3O2. The highest BCUT2D eigenvalue weighted by atomic mass is 16.5. The average Bonchev–Trinajstić information content (AvgIpc) is 2.65. The summed E-state index contributed by atoms with van der Waals surface area (Å²) in [6.45, 7) is 2.68. The number of ether oxygens (including phenoxy) is 1. The number of hydrogen-bond donors (Lipinski definition) is 1. The van der Waals surface area contributed by atoms with Crippen molar-refractivity contribution in [3.05, 3.63) is 60.2 Å². The fourth-order valence-corrected chi connectivity index (χ4v) is 2.80. The molecule has 0 aliphatic rings. The number of hydrogen-bond acceptors (Lipinski definition) is 4. The van der Waals surface area contributed by atoms with Gasteiger partial charge in [-0.1, -0.05) is 30.3 Å². The van der Waals surface area contributed by atoms with Gasteiger partial charge in [0.1, 0.15) is 5.75 Å². The lowest BCUT2D eigenvalue weighted by Crippen LogP contribution is -2.36. The average molecular weight is 355 g/mol. The lowest BCUT2D eigenvalue weighted by atomic mass is 10.2. The van der Waals surface area contributed by atoms with E-state index in [-0.39, 0.29) is 5.91 Å². The minimum absolute atomic E-state index is 0.0535. The summed E-state index contributed by atoms with van der Waals surface area (Å²) in [5.41, 5.74) is 2.32. The minimum Gasteiger partial charge on any atom is -0.497 e. The Morgan fingerprint density at radius 1 is 1.08 bits per heavy atom. The van der Waals surface area contributed by atoms with Gasteiger partial charge in [0.2, 0.25) is 5.91 Å². The third-order valence-electron chi connectivity index (χ3n) is 4.19. The van der Waals surface area contributed by atoms with Crippen LogP contribution in [0.2, 0.25) is 0 Å². The van der Waals surface area contributed by atoms with Crippen LogP contribution >= 0.6 is 0 Å². The maximum absolute atomic E-state index is 12.1. The Hall–Kier alpha value is -2.53. The summed E-state index contributed by atoms with van der Waals surface area (Å²) in [5, 5.41) is 3.00. The first kappa shape index (κ1) is 19.8. The predicted octanol–water partition coefficient (Wildman–Crippen LogP) is 2.77. The van der Waals surface area contributed by atoms with Gasteiger partial charge in [-0.15, -0.1) is 0 Å². The van der Waals surface area contributed by atoms with Gasteiger partial charge in [-0.05, 0) is 43.3 Å². The number of methoxy groups -OCH3 is 1. The van der Waals surface area contributed by atoms with Gasteiger partial charge in [0, 0.05) is 32.4 Å². The Balaban J connectivity index is 1.65.